The van der Waals surface area contributed by atoms with Gasteiger partial charge in [0.1, 0.15) is 18.9 Å². The first kappa shape index (κ1) is 22.8. The second-order valence-corrected chi connectivity index (χ2v) is 15.0. The van der Waals surface area contributed by atoms with Crippen LogP contribution in [0.4, 0.5) is 20.8 Å². The number of para-hydroxylation sites is 1. The molecule has 0 fully saturated rings. The Bertz CT molecular complexity index is 1550. The molecule has 0 spiro atoms. The summed E-state index contributed by atoms with van der Waals surface area (Å²) in [7, 11) is -2.05. The van der Waals surface area contributed by atoms with Gasteiger partial charge >= 0.3 is 0 Å². The highest BCUT2D eigenvalue weighted by molar-refractivity contribution is 7.17. The molecule has 6 rings (SSSR count). The molecule has 3 aromatic carbocycles. The lowest BCUT2D eigenvalue weighted by atomic mass is 10.1. The van der Waals surface area contributed by atoms with Gasteiger partial charge < -0.3 is 4.90 Å². The van der Waals surface area contributed by atoms with E-state index in [9.17, 15) is 14.0 Å². The van der Waals surface area contributed by atoms with Crippen LogP contribution in [0.3, 0.4) is 0 Å². The summed E-state index contributed by atoms with van der Waals surface area (Å²) in [6.07, 6.45) is 1.69. The molecule has 36 heavy (non-hydrogen) atoms. The second-order valence-electron chi connectivity index (χ2n) is 9.24. The molecular weight excluding hydrogens is 485 g/mol. The third-order valence-electron chi connectivity index (χ3n) is 7.61. The maximum atomic E-state index is 14.6. The van der Waals surface area contributed by atoms with Crippen molar-refractivity contribution >= 4 is 63.8 Å². The molecule has 1 aromatic heterocycles. The first-order chi connectivity index (χ1) is 17.5. The first-order valence-electron chi connectivity index (χ1n) is 12.2. The van der Waals surface area contributed by atoms with E-state index in [0.717, 1.165) is 33.3 Å². The van der Waals surface area contributed by atoms with Crippen molar-refractivity contribution in [2.24, 2.45) is 0 Å². The predicted molar refractivity (Wildman–Crippen MR) is 148 cm³/mol. The zero-order valence-electron chi connectivity index (χ0n) is 20.0. The van der Waals surface area contributed by atoms with Gasteiger partial charge in [-0.3, -0.25) is 9.59 Å². The van der Waals surface area contributed by atoms with Crippen LogP contribution in [0.1, 0.15) is 39.4 Å². The van der Waals surface area contributed by atoms with Crippen LogP contribution >= 0.6 is 11.3 Å². The van der Waals surface area contributed by atoms with Gasteiger partial charge in [-0.2, -0.15) is 0 Å². The molecule has 0 atom stereocenters. The monoisotopic (exact) mass is 509 g/mol. The summed E-state index contributed by atoms with van der Waals surface area (Å²) in [5.74, 6) is -0.724. The van der Waals surface area contributed by atoms with Crippen LogP contribution in [0, 0.1) is 5.82 Å². The van der Waals surface area contributed by atoms with E-state index in [4.69, 9.17) is 0 Å². The predicted octanol–water partition coefficient (Wildman–Crippen LogP) is 6.74. The number of benzene rings is 3. The van der Waals surface area contributed by atoms with E-state index in [2.05, 4.69) is 36.9 Å². The fraction of sp³-hybridized carbons (Fsp3) is 0.133. The maximum Gasteiger partial charge on any atom is 0.197 e. The Morgan fingerprint density at radius 1 is 0.806 bits per heavy atom. The zero-order chi connectivity index (χ0) is 25.0. The number of carbonyl (C=O) groups is 2. The number of hydrogen-bond acceptors (Lipinski definition) is 4. The number of allylic oxidation sites excluding steroid dienone is 1. The largest absolute Gasteiger partial charge is 0.302 e. The summed E-state index contributed by atoms with van der Waals surface area (Å²) < 4.78 is 14.6. The standard InChI is InChI=1S/C30H24FNO2SSi/c1-3-36(4-2)26-12-8-7-11-24(26)32(25-17-19(31)13-15-27(25)36)28-16-14-20(35-28)18-23-29(33)21-9-5-6-10-22(21)30(23)34/h5-18H,3-4H2,1-2H3. The molecule has 0 unspecified atom stereocenters. The molecule has 0 saturated carbocycles. The van der Waals surface area contributed by atoms with Crippen LogP contribution in [0.25, 0.3) is 6.08 Å². The van der Waals surface area contributed by atoms with Crippen molar-refractivity contribution < 1.29 is 14.0 Å². The minimum Gasteiger partial charge on any atom is -0.302 e. The summed E-state index contributed by atoms with van der Waals surface area (Å²) in [5.41, 5.74) is 3.09. The SMILES string of the molecule is CC[Si]1(CC)c2ccccc2N(c2ccc(C=C3C(=O)c4ccccc4C3=O)s2)c2cc(F)ccc21. The lowest BCUT2D eigenvalue weighted by Gasteiger charge is -2.43. The van der Waals surface area contributed by atoms with E-state index in [1.54, 1.807) is 42.5 Å². The summed E-state index contributed by atoms with van der Waals surface area (Å²) >= 11 is 1.50. The normalized spacial score (nSPS) is 15.5. The number of nitrogens with zero attached hydrogens (tertiary/aromatic N) is 1. The Morgan fingerprint density at radius 3 is 2.14 bits per heavy atom. The summed E-state index contributed by atoms with van der Waals surface area (Å²) in [5, 5.41) is 3.53. The Labute approximate surface area is 214 Å². The number of halogens is 1. The molecule has 0 bridgehead atoms. The van der Waals surface area contributed by atoms with Gasteiger partial charge in [0.25, 0.3) is 0 Å². The lowest BCUT2D eigenvalue weighted by molar-refractivity contribution is 0.0990. The van der Waals surface area contributed by atoms with Crippen molar-refractivity contribution in [3.63, 3.8) is 0 Å². The number of hydrogen-bond donors (Lipinski definition) is 0. The minimum atomic E-state index is -2.05. The van der Waals surface area contributed by atoms with Gasteiger partial charge in [-0.1, -0.05) is 74.5 Å². The van der Waals surface area contributed by atoms with E-state index >= 15 is 0 Å². The molecular formula is C30H24FNO2SSi. The van der Waals surface area contributed by atoms with Crippen LogP contribution in [-0.2, 0) is 0 Å². The Morgan fingerprint density at radius 2 is 1.44 bits per heavy atom. The van der Waals surface area contributed by atoms with Gasteiger partial charge in [0.2, 0.25) is 0 Å². The van der Waals surface area contributed by atoms with Crippen molar-refractivity contribution in [2.45, 2.75) is 25.9 Å². The number of ketones is 2. The van der Waals surface area contributed by atoms with Gasteiger partial charge in [-0.05, 0) is 46.8 Å². The molecule has 6 heteroatoms. The van der Waals surface area contributed by atoms with E-state index in [-0.39, 0.29) is 23.0 Å². The topological polar surface area (TPSA) is 37.4 Å². The molecule has 0 saturated heterocycles. The minimum absolute atomic E-state index is 0.193. The smallest absolute Gasteiger partial charge is 0.197 e. The first-order valence-corrected chi connectivity index (χ1v) is 15.4. The van der Waals surface area contributed by atoms with Crippen LogP contribution in [0.15, 0.2) is 84.4 Å². The van der Waals surface area contributed by atoms with Crippen molar-refractivity contribution in [2.75, 3.05) is 4.90 Å². The quantitative estimate of drug-likeness (QED) is 0.174. The van der Waals surface area contributed by atoms with Crippen molar-refractivity contribution in [3.05, 3.63) is 106 Å². The lowest BCUT2D eigenvalue weighted by Crippen LogP contribution is -2.62. The maximum absolute atomic E-state index is 14.6. The summed E-state index contributed by atoms with van der Waals surface area (Å²) in [6, 6.07) is 26.6. The van der Waals surface area contributed by atoms with E-state index in [1.165, 1.54) is 21.7 Å². The Kier molecular flexibility index (Phi) is 5.39. The average molecular weight is 510 g/mol. The third-order valence-corrected chi connectivity index (χ3v) is 13.9. The summed E-state index contributed by atoms with van der Waals surface area (Å²) in [6.45, 7) is 4.50. The summed E-state index contributed by atoms with van der Waals surface area (Å²) in [4.78, 5) is 28.7. The van der Waals surface area contributed by atoms with Crippen molar-refractivity contribution in [3.8, 4) is 0 Å². The molecule has 1 aliphatic heterocycles. The van der Waals surface area contributed by atoms with Gasteiger partial charge in [-0.25, -0.2) is 4.39 Å². The number of Topliss-reactive ketones (excluding diaryl/α,β-unsaturated/α-hetero) is 2. The van der Waals surface area contributed by atoms with Crippen molar-refractivity contribution in [1.82, 2.24) is 0 Å². The number of fused-ring (bicyclic) bond motifs is 3. The van der Waals surface area contributed by atoms with Crippen LogP contribution in [-0.4, -0.2) is 19.6 Å². The fourth-order valence-electron chi connectivity index (χ4n) is 5.78. The number of anilines is 3. The Balaban J connectivity index is 1.48. The molecule has 178 valence electrons. The molecule has 0 radical (unpaired) electrons. The van der Waals surface area contributed by atoms with Crippen molar-refractivity contribution in [1.29, 1.82) is 0 Å². The highest BCUT2D eigenvalue weighted by Gasteiger charge is 2.43. The van der Waals surface area contributed by atoms with Crippen LogP contribution in [0.2, 0.25) is 12.1 Å². The second kappa shape index (κ2) is 8.50. The highest BCUT2D eigenvalue weighted by Crippen LogP contribution is 2.43. The number of carbonyl (C=O) groups excluding carboxylic acids is 2. The molecule has 0 amide bonds. The molecule has 0 N–H and O–H groups in total. The zero-order valence-corrected chi connectivity index (χ0v) is 21.9. The fourth-order valence-corrected chi connectivity index (χ4v) is 11.2. The van der Waals surface area contributed by atoms with Gasteiger partial charge in [0.05, 0.1) is 5.57 Å². The van der Waals surface area contributed by atoms with E-state index in [0.29, 0.717) is 11.1 Å². The van der Waals surface area contributed by atoms with Gasteiger partial charge in [-0.15, -0.1) is 11.3 Å². The van der Waals surface area contributed by atoms with Crippen LogP contribution < -0.4 is 15.3 Å². The van der Waals surface area contributed by atoms with Gasteiger partial charge in [0.15, 0.2) is 11.6 Å². The Hall–Kier alpha value is -3.61. The number of thiophene rings is 1. The average Bonchev–Trinajstić information content (AvgIpc) is 3.46. The molecule has 3 nitrogen and oxygen atoms in total. The molecule has 2 aliphatic rings. The van der Waals surface area contributed by atoms with Gasteiger partial charge in [0, 0.05) is 27.4 Å². The number of rotatable bonds is 4. The highest BCUT2D eigenvalue weighted by atomic mass is 32.1. The van der Waals surface area contributed by atoms with Crippen LogP contribution in [0.5, 0.6) is 0 Å². The molecule has 2 heterocycles. The molecule has 1 aliphatic carbocycles. The van der Waals surface area contributed by atoms with E-state index < -0.39 is 8.07 Å². The third kappa shape index (κ3) is 3.21. The molecule has 4 aromatic rings. The van der Waals surface area contributed by atoms with E-state index in [1.807, 2.05) is 24.3 Å².